The molecule has 0 spiro atoms. The van der Waals surface area contributed by atoms with Gasteiger partial charge in [0.1, 0.15) is 0 Å². The zero-order valence-electron chi connectivity index (χ0n) is 15.9. The number of alkyl halides is 17. The predicted molar refractivity (Wildman–Crippen MR) is 58.9 cm³/mol. The van der Waals surface area contributed by atoms with E-state index >= 15 is 0 Å². The Labute approximate surface area is 220 Å². The van der Waals surface area contributed by atoms with Crippen molar-refractivity contribution >= 4 is 7.82 Å². The Morgan fingerprint density at radius 1 is 0.529 bits per heavy atom. The molecule has 0 unspecified atom stereocenters. The topological polar surface area (TPSA) is 72.4 Å². The summed E-state index contributed by atoms with van der Waals surface area (Å²) in [6, 6.07) is 0. The van der Waals surface area contributed by atoms with E-state index in [0.29, 0.717) is 0 Å². The summed E-state index contributed by atoms with van der Waals surface area (Å²) in [5, 5.41) is 0. The molecule has 0 aromatic rings. The van der Waals surface area contributed by atoms with Crippen LogP contribution < -0.4 is 68.9 Å². The van der Waals surface area contributed by atoms with Crippen LogP contribution in [0.4, 0.5) is 74.6 Å². The SMILES string of the molecule is O=P([O-])([O-])OCCC(F)(F)C(F)(F)C(F)(F)C(F)(F)C(F)(F)C(F)(F)C(F)(F)C(F)(F)F.[Na+].[Na+]. The summed E-state index contributed by atoms with van der Waals surface area (Å²) in [6.45, 7) is -2.49. The van der Waals surface area contributed by atoms with E-state index in [9.17, 15) is 89.0 Å². The summed E-state index contributed by atoms with van der Waals surface area (Å²) < 4.78 is 232. The fourth-order valence-electron chi connectivity index (χ4n) is 1.64. The van der Waals surface area contributed by atoms with Gasteiger partial charge in [0.2, 0.25) is 0 Å². The number of rotatable bonds is 10. The molecule has 0 aromatic carbocycles. The second kappa shape index (κ2) is 11.0. The maximum Gasteiger partial charge on any atom is 1.00 e. The minimum absolute atomic E-state index is 0. The molecule has 0 bridgehead atoms. The van der Waals surface area contributed by atoms with E-state index in [0.717, 1.165) is 0 Å². The molecule has 0 aliphatic rings. The Kier molecular flexibility index (Phi) is 12.7. The van der Waals surface area contributed by atoms with Gasteiger partial charge in [-0.2, -0.15) is 74.6 Å². The van der Waals surface area contributed by atoms with Crippen LogP contribution in [-0.4, -0.2) is 54.2 Å². The second-order valence-electron chi connectivity index (χ2n) is 5.68. The summed E-state index contributed by atoms with van der Waals surface area (Å²) in [4.78, 5) is 19.9. The molecule has 0 N–H and O–H groups in total. The van der Waals surface area contributed by atoms with Crippen LogP contribution in [0.1, 0.15) is 6.42 Å². The van der Waals surface area contributed by atoms with Crippen LogP contribution in [0.25, 0.3) is 0 Å². The summed E-state index contributed by atoms with van der Waals surface area (Å²) in [7, 11) is -6.28. The molecule has 0 amide bonds. The van der Waals surface area contributed by atoms with Crippen molar-refractivity contribution in [2.45, 2.75) is 54.1 Å². The number of hydrogen-bond acceptors (Lipinski definition) is 4. The van der Waals surface area contributed by atoms with Crippen molar-refractivity contribution in [1.82, 2.24) is 0 Å². The summed E-state index contributed by atoms with van der Waals surface area (Å²) in [5.41, 5.74) is 0. The normalized spacial score (nSPS) is 15.5. The van der Waals surface area contributed by atoms with Crippen LogP contribution in [0.3, 0.4) is 0 Å². The van der Waals surface area contributed by atoms with Crippen LogP contribution in [0.15, 0.2) is 0 Å². The van der Waals surface area contributed by atoms with Crippen molar-refractivity contribution in [2.75, 3.05) is 6.61 Å². The molecular formula is C10H4F17Na2O4P. The van der Waals surface area contributed by atoms with E-state index in [1.807, 2.05) is 0 Å². The molecule has 34 heavy (non-hydrogen) atoms. The van der Waals surface area contributed by atoms with Crippen molar-refractivity contribution in [2.24, 2.45) is 0 Å². The van der Waals surface area contributed by atoms with Gasteiger partial charge in [-0.15, -0.1) is 0 Å². The maximum atomic E-state index is 13.3. The van der Waals surface area contributed by atoms with Gasteiger partial charge in [0.05, 0.1) is 14.4 Å². The van der Waals surface area contributed by atoms with E-state index in [4.69, 9.17) is 0 Å². The standard InChI is InChI=1S/C10H6F17O4P.2Na/c11-3(12,1-2-31-32(28,29)30)4(13,14)5(15,16)6(17,18)7(19,20)8(21,22)9(23,24)10(25,26)27;;/h1-2H2,(H2,28,29,30);;/q;2*+1/p-2. The van der Waals surface area contributed by atoms with E-state index in [1.165, 1.54) is 0 Å². The number of hydrogen-bond donors (Lipinski definition) is 0. The molecule has 0 saturated carbocycles. The summed E-state index contributed by atoms with van der Waals surface area (Å²) in [5.74, 6) is -57.6. The van der Waals surface area contributed by atoms with E-state index in [1.54, 1.807) is 0 Å². The van der Waals surface area contributed by atoms with Crippen LogP contribution >= 0.6 is 7.82 Å². The molecular weight excluding hydrogens is 584 g/mol. The molecule has 0 saturated heterocycles. The summed E-state index contributed by atoms with van der Waals surface area (Å²) in [6.07, 6.45) is -11.0. The predicted octanol–water partition coefficient (Wildman–Crippen LogP) is -1.76. The first-order chi connectivity index (χ1) is 13.5. The van der Waals surface area contributed by atoms with E-state index in [-0.39, 0.29) is 59.1 Å². The second-order valence-corrected chi connectivity index (χ2v) is 6.83. The van der Waals surface area contributed by atoms with E-state index < -0.39 is 68.5 Å². The third-order valence-electron chi connectivity index (χ3n) is 3.45. The largest absolute Gasteiger partial charge is 1.00 e. The first kappa shape index (κ1) is 39.4. The molecule has 194 valence electrons. The Morgan fingerprint density at radius 3 is 1.06 bits per heavy atom. The molecule has 0 aliphatic carbocycles. The van der Waals surface area contributed by atoms with Gasteiger partial charge in [-0.05, 0) is 0 Å². The molecule has 24 heteroatoms. The molecule has 0 heterocycles. The number of halogens is 17. The van der Waals surface area contributed by atoms with Crippen molar-refractivity contribution < 1.29 is 153 Å². The van der Waals surface area contributed by atoms with E-state index in [2.05, 4.69) is 4.52 Å². The molecule has 0 fully saturated rings. The zero-order valence-corrected chi connectivity index (χ0v) is 20.8. The minimum atomic E-state index is -8.75. The third kappa shape index (κ3) is 6.48. The fourth-order valence-corrected chi connectivity index (χ4v) is 1.95. The Hall–Kier alpha value is 0.920. The van der Waals surface area contributed by atoms with Gasteiger partial charge in [0, 0.05) is 6.42 Å². The Morgan fingerprint density at radius 2 is 0.794 bits per heavy atom. The van der Waals surface area contributed by atoms with Crippen LogP contribution in [0, 0.1) is 0 Å². The quantitative estimate of drug-likeness (QED) is 0.173. The van der Waals surface area contributed by atoms with Crippen molar-refractivity contribution in [1.29, 1.82) is 0 Å². The molecule has 0 rings (SSSR count). The molecule has 4 nitrogen and oxygen atoms in total. The number of phosphoric ester groups is 1. The smallest absolute Gasteiger partial charge is 0.790 e. The average Bonchev–Trinajstić information content (AvgIpc) is 2.50. The minimum Gasteiger partial charge on any atom is -0.790 e. The molecule has 0 aromatic heterocycles. The first-order valence-corrected chi connectivity index (χ1v) is 8.30. The van der Waals surface area contributed by atoms with Gasteiger partial charge in [-0.1, -0.05) is 0 Å². The van der Waals surface area contributed by atoms with Crippen molar-refractivity contribution in [3.8, 4) is 0 Å². The third-order valence-corrected chi connectivity index (χ3v) is 3.95. The van der Waals surface area contributed by atoms with Gasteiger partial charge >= 0.3 is 107 Å². The van der Waals surface area contributed by atoms with Crippen LogP contribution in [0.5, 0.6) is 0 Å². The van der Waals surface area contributed by atoms with Gasteiger partial charge in [0.25, 0.3) is 0 Å². The maximum absolute atomic E-state index is 13.3. The molecule has 0 radical (unpaired) electrons. The Bertz CT molecular complexity index is 734. The van der Waals surface area contributed by atoms with Crippen molar-refractivity contribution in [3.63, 3.8) is 0 Å². The van der Waals surface area contributed by atoms with Gasteiger partial charge in [-0.25, -0.2) is 0 Å². The molecule has 0 aliphatic heterocycles. The number of phosphoric acid groups is 1. The monoisotopic (exact) mass is 588 g/mol. The zero-order chi connectivity index (χ0) is 26.6. The van der Waals surface area contributed by atoms with Crippen LogP contribution in [-0.2, 0) is 9.09 Å². The molecule has 0 atom stereocenters. The fraction of sp³-hybridized carbons (Fsp3) is 1.00. The van der Waals surface area contributed by atoms with Crippen molar-refractivity contribution in [3.05, 3.63) is 0 Å². The van der Waals surface area contributed by atoms with Gasteiger partial charge in [-0.3, -0.25) is 0 Å². The van der Waals surface area contributed by atoms with Gasteiger partial charge < -0.3 is 18.9 Å². The average molecular weight is 588 g/mol. The van der Waals surface area contributed by atoms with Crippen LogP contribution in [0.2, 0.25) is 0 Å². The van der Waals surface area contributed by atoms with Gasteiger partial charge in [0.15, 0.2) is 0 Å². The summed E-state index contributed by atoms with van der Waals surface area (Å²) >= 11 is 0. The Balaban J connectivity index is -0.00000480. The first-order valence-electron chi connectivity index (χ1n) is 6.84.